The molecule has 0 unspecified atom stereocenters. The molecular formula is C19H29ClN2O3S. The summed E-state index contributed by atoms with van der Waals surface area (Å²) >= 11 is 5.98. The van der Waals surface area contributed by atoms with Crippen molar-refractivity contribution in [1.82, 2.24) is 10.2 Å². The van der Waals surface area contributed by atoms with Gasteiger partial charge in [-0.25, -0.2) is 8.42 Å². The summed E-state index contributed by atoms with van der Waals surface area (Å²) in [6.45, 7) is 6.60. The van der Waals surface area contributed by atoms with E-state index in [9.17, 15) is 13.2 Å². The summed E-state index contributed by atoms with van der Waals surface area (Å²) in [5.41, 5.74) is 1.06. The van der Waals surface area contributed by atoms with Crippen LogP contribution in [0, 0.1) is 5.41 Å². The summed E-state index contributed by atoms with van der Waals surface area (Å²) in [7, 11) is -1.14. The first kappa shape index (κ1) is 21.2. The van der Waals surface area contributed by atoms with Crippen molar-refractivity contribution in [3.05, 3.63) is 34.9 Å². The van der Waals surface area contributed by atoms with Gasteiger partial charge in [0.1, 0.15) is 0 Å². The highest BCUT2D eigenvalue weighted by atomic mass is 35.5. The van der Waals surface area contributed by atoms with Crippen LogP contribution in [0.5, 0.6) is 0 Å². The molecule has 1 N–H and O–H groups in total. The molecule has 0 radical (unpaired) electrons. The second kappa shape index (κ2) is 8.28. The number of amides is 1. The van der Waals surface area contributed by atoms with Crippen LogP contribution < -0.4 is 5.32 Å². The first-order valence-corrected chi connectivity index (χ1v) is 11.1. The largest absolute Gasteiger partial charge is 0.348 e. The van der Waals surface area contributed by atoms with E-state index in [1.165, 1.54) is 0 Å². The Bertz CT molecular complexity index is 726. The number of halogens is 1. The first-order valence-electron chi connectivity index (χ1n) is 8.91. The van der Waals surface area contributed by atoms with Gasteiger partial charge in [0, 0.05) is 11.1 Å². The van der Waals surface area contributed by atoms with Gasteiger partial charge in [-0.15, -0.1) is 0 Å². The van der Waals surface area contributed by atoms with Gasteiger partial charge in [0.05, 0.1) is 24.1 Å². The summed E-state index contributed by atoms with van der Waals surface area (Å²) in [5.74, 6) is 0.251. The molecule has 1 fully saturated rings. The Kier molecular flexibility index (Phi) is 6.75. The summed E-state index contributed by atoms with van der Waals surface area (Å²) in [5, 5.41) is 3.77. The smallest absolute Gasteiger partial charge is 0.234 e. The Morgan fingerprint density at radius 1 is 1.31 bits per heavy atom. The van der Waals surface area contributed by atoms with Crippen molar-refractivity contribution in [2.24, 2.45) is 5.41 Å². The highest BCUT2D eigenvalue weighted by molar-refractivity contribution is 7.91. The van der Waals surface area contributed by atoms with Crippen molar-refractivity contribution in [3.8, 4) is 0 Å². The Morgan fingerprint density at radius 2 is 1.92 bits per heavy atom. The van der Waals surface area contributed by atoms with Crippen LogP contribution in [0.25, 0.3) is 0 Å². The summed E-state index contributed by atoms with van der Waals surface area (Å²) in [6, 6.07) is 7.34. The van der Waals surface area contributed by atoms with Crippen molar-refractivity contribution in [1.29, 1.82) is 0 Å². The second-order valence-corrected chi connectivity index (χ2v) is 11.1. The topological polar surface area (TPSA) is 66.5 Å². The molecule has 0 spiro atoms. The number of rotatable bonds is 6. The van der Waals surface area contributed by atoms with Gasteiger partial charge < -0.3 is 5.32 Å². The van der Waals surface area contributed by atoms with E-state index in [4.69, 9.17) is 11.6 Å². The number of nitrogens with zero attached hydrogens (tertiary/aromatic N) is 1. The number of sulfone groups is 1. The van der Waals surface area contributed by atoms with E-state index >= 15 is 0 Å². The van der Waals surface area contributed by atoms with Gasteiger partial charge in [-0.1, -0.05) is 44.5 Å². The highest BCUT2D eigenvalue weighted by Crippen LogP contribution is 2.30. The number of benzene rings is 1. The molecule has 1 amide bonds. The zero-order valence-electron chi connectivity index (χ0n) is 16.0. The molecule has 1 aromatic rings. The zero-order valence-corrected chi connectivity index (χ0v) is 17.5. The van der Waals surface area contributed by atoms with E-state index in [1.54, 1.807) is 0 Å². The molecule has 1 aliphatic heterocycles. The molecular weight excluding hydrogens is 372 g/mol. The average molecular weight is 401 g/mol. The number of likely N-dealkylation sites (N-methyl/N-ethyl adjacent to an activating group) is 1. The Morgan fingerprint density at radius 3 is 2.42 bits per heavy atom. The number of carbonyl (C=O) groups excluding carboxylic acids is 1. The molecule has 0 saturated carbocycles. The minimum Gasteiger partial charge on any atom is -0.348 e. The van der Waals surface area contributed by atoms with Gasteiger partial charge >= 0.3 is 0 Å². The Balaban J connectivity index is 2.02. The lowest BCUT2D eigenvalue weighted by Crippen LogP contribution is -2.42. The van der Waals surface area contributed by atoms with Crippen molar-refractivity contribution in [2.45, 2.75) is 45.7 Å². The number of hydrogen-bond acceptors (Lipinski definition) is 4. The predicted molar refractivity (Wildman–Crippen MR) is 106 cm³/mol. The molecule has 0 bridgehead atoms. The lowest BCUT2D eigenvalue weighted by Gasteiger charge is -2.29. The molecule has 1 heterocycles. The molecule has 5 nitrogen and oxygen atoms in total. The van der Waals surface area contributed by atoms with E-state index in [2.05, 4.69) is 26.1 Å². The maximum absolute atomic E-state index is 12.6. The van der Waals surface area contributed by atoms with Crippen LogP contribution >= 0.6 is 11.6 Å². The van der Waals surface area contributed by atoms with Crippen LogP contribution in [0.4, 0.5) is 0 Å². The molecule has 26 heavy (non-hydrogen) atoms. The molecule has 2 atom stereocenters. The van der Waals surface area contributed by atoms with Crippen LogP contribution in [0.1, 0.15) is 45.2 Å². The molecule has 146 valence electrons. The fraction of sp³-hybridized carbons (Fsp3) is 0.632. The average Bonchev–Trinajstić information content (AvgIpc) is 2.86. The van der Waals surface area contributed by atoms with Gasteiger partial charge in [-0.2, -0.15) is 0 Å². The number of nitrogens with one attached hydrogen (secondary N) is 1. The van der Waals surface area contributed by atoms with Crippen molar-refractivity contribution < 1.29 is 13.2 Å². The van der Waals surface area contributed by atoms with Crippen molar-refractivity contribution >= 4 is 27.3 Å². The molecule has 0 aliphatic carbocycles. The van der Waals surface area contributed by atoms with Crippen LogP contribution in [-0.4, -0.2) is 50.4 Å². The lowest BCUT2D eigenvalue weighted by molar-refractivity contribution is -0.123. The van der Waals surface area contributed by atoms with Crippen molar-refractivity contribution in [3.63, 3.8) is 0 Å². The zero-order chi connectivity index (χ0) is 19.5. The quantitative estimate of drug-likeness (QED) is 0.796. The number of hydrogen-bond donors (Lipinski definition) is 1. The van der Waals surface area contributed by atoms with E-state index in [0.29, 0.717) is 11.4 Å². The molecule has 1 aliphatic rings. The van der Waals surface area contributed by atoms with Crippen LogP contribution in [0.15, 0.2) is 24.3 Å². The van der Waals surface area contributed by atoms with Crippen molar-refractivity contribution in [2.75, 3.05) is 25.1 Å². The third-order valence-electron chi connectivity index (χ3n) is 4.65. The third kappa shape index (κ3) is 6.56. The SMILES string of the molecule is CN(CC(=O)N[C@@H](CC(C)(C)C)c1ccc(Cl)cc1)[C@H]1CCS(=O)(=O)C1. The summed E-state index contributed by atoms with van der Waals surface area (Å²) in [6.07, 6.45) is 1.39. The molecule has 0 aromatic heterocycles. The Labute approximate surface area is 162 Å². The van der Waals surface area contributed by atoms with Crippen LogP contribution in [-0.2, 0) is 14.6 Å². The molecule has 2 rings (SSSR count). The van der Waals surface area contributed by atoms with Gasteiger partial charge in [0.25, 0.3) is 0 Å². The summed E-state index contributed by atoms with van der Waals surface area (Å²) < 4.78 is 23.3. The fourth-order valence-corrected chi connectivity index (χ4v) is 5.21. The molecule has 7 heteroatoms. The minimum atomic E-state index is -2.96. The van der Waals surface area contributed by atoms with E-state index in [0.717, 1.165) is 12.0 Å². The Hall–Kier alpha value is -1.11. The van der Waals surface area contributed by atoms with Gasteiger partial charge in [0.2, 0.25) is 5.91 Å². The van der Waals surface area contributed by atoms with Gasteiger partial charge in [-0.05, 0) is 43.0 Å². The van der Waals surface area contributed by atoms with Crippen LogP contribution in [0.2, 0.25) is 5.02 Å². The third-order valence-corrected chi connectivity index (χ3v) is 6.65. The predicted octanol–water partition coefficient (Wildman–Crippen LogP) is 3.05. The molecule has 1 aromatic carbocycles. The molecule has 1 saturated heterocycles. The van der Waals surface area contributed by atoms with E-state index < -0.39 is 9.84 Å². The normalized spacial score (nSPS) is 20.9. The van der Waals surface area contributed by atoms with Crippen LogP contribution in [0.3, 0.4) is 0 Å². The lowest BCUT2D eigenvalue weighted by atomic mass is 9.85. The van der Waals surface area contributed by atoms with Gasteiger partial charge in [-0.3, -0.25) is 9.69 Å². The second-order valence-electron chi connectivity index (χ2n) is 8.41. The first-order chi connectivity index (χ1) is 12.0. The summed E-state index contributed by atoms with van der Waals surface area (Å²) in [4.78, 5) is 14.4. The number of carbonyl (C=O) groups is 1. The maximum Gasteiger partial charge on any atom is 0.234 e. The van der Waals surface area contributed by atoms with Gasteiger partial charge in [0.15, 0.2) is 9.84 Å². The van der Waals surface area contributed by atoms with E-state index in [1.807, 2.05) is 36.2 Å². The highest BCUT2D eigenvalue weighted by Gasteiger charge is 2.31. The minimum absolute atomic E-state index is 0.0447. The fourth-order valence-electron chi connectivity index (χ4n) is 3.28. The monoisotopic (exact) mass is 400 g/mol. The van der Waals surface area contributed by atoms with E-state index in [-0.39, 0.29) is 41.5 Å². The standard InChI is InChI=1S/C19H29ClN2O3S/c1-19(2,3)11-17(14-5-7-15(20)8-6-14)21-18(23)12-22(4)16-9-10-26(24,25)13-16/h5-8,16-17H,9-13H2,1-4H3,(H,21,23)/t16-,17-/m0/s1. The maximum atomic E-state index is 12.6.